The Morgan fingerprint density at radius 3 is 2.55 bits per heavy atom. The van der Waals surface area contributed by atoms with E-state index in [-0.39, 0.29) is 5.97 Å². The second-order valence-electron chi connectivity index (χ2n) is 7.80. The van der Waals surface area contributed by atoms with E-state index in [1.54, 1.807) is 0 Å². The monoisotopic (exact) mass is 399 g/mol. The molecule has 1 aromatic heterocycles. The molecule has 3 rings (SSSR count). The number of ether oxygens (including phenoxy) is 2. The van der Waals surface area contributed by atoms with Crippen LogP contribution in [0.15, 0.2) is 30.3 Å². The van der Waals surface area contributed by atoms with Crippen LogP contribution in [0.3, 0.4) is 0 Å². The predicted molar refractivity (Wildman–Crippen MR) is 113 cm³/mol. The molecule has 29 heavy (non-hydrogen) atoms. The van der Waals surface area contributed by atoms with E-state index in [0.717, 1.165) is 61.9 Å². The van der Waals surface area contributed by atoms with Crippen LogP contribution in [0.4, 0.5) is 0 Å². The number of nitrogens with one attached hydrogen (secondary N) is 1. The topological polar surface area (TPSA) is 67.5 Å². The third kappa shape index (κ3) is 5.38. The fraction of sp³-hybridized carbons (Fsp3) is 0.565. The van der Waals surface area contributed by atoms with Gasteiger partial charge in [0.25, 0.3) is 0 Å². The van der Waals surface area contributed by atoms with Crippen LogP contribution in [0.2, 0.25) is 0 Å². The fourth-order valence-corrected chi connectivity index (χ4v) is 3.96. The summed E-state index contributed by atoms with van der Waals surface area (Å²) in [5.74, 6) is 1.79. The van der Waals surface area contributed by atoms with Gasteiger partial charge in [-0.2, -0.15) is 0 Å². The molecule has 1 aliphatic heterocycles. The number of para-hydroxylation sites is 1. The van der Waals surface area contributed by atoms with Crippen molar-refractivity contribution in [1.82, 2.24) is 14.9 Å². The van der Waals surface area contributed by atoms with Gasteiger partial charge in [0.15, 0.2) is 0 Å². The summed E-state index contributed by atoms with van der Waals surface area (Å²) in [6.07, 6.45) is 3.16. The summed E-state index contributed by atoms with van der Waals surface area (Å²) in [6, 6.07) is 9.76. The highest BCUT2D eigenvalue weighted by atomic mass is 16.5. The molecule has 0 spiro atoms. The highest BCUT2D eigenvalue weighted by Gasteiger charge is 2.42. The summed E-state index contributed by atoms with van der Waals surface area (Å²) in [5, 5.41) is 0. The third-order valence-corrected chi connectivity index (χ3v) is 5.86. The van der Waals surface area contributed by atoms with Crippen molar-refractivity contribution in [3.8, 4) is 5.75 Å². The normalized spacial score (nSPS) is 16.5. The van der Waals surface area contributed by atoms with E-state index < -0.39 is 5.41 Å². The molecule has 1 aliphatic rings. The van der Waals surface area contributed by atoms with Crippen LogP contribution in [-0.4, -0.2) is 47.1 Å². The number of esters is 1. The second-order valence-corrected chi connectivity index (χ2v) is 7.80. The van der Waals surface area contributed by atoms with Crippen molar-refractivity contribution in [1.29, 1.82) is 0 Å². The molecule has 158 valence electrons. The van der Waals surface area contributed by atoms with Crippen LogP contribution in [0, 0.1) is 12.3 Å². The molecule has 6 nitrogen and oxygen atoms in total. The molecule has 0 amide bonds. The Hall–Kier alpha value is -2.34. The Bertz CT molecular complexity index is 780. The van der Waals surface area contributed by atoms with Crippen molar-refractivity contribution in [2.45, 2.75) is 53.0 Å². The number of hydrogen-bond donors (Lipinski definition) is 1. The van der Waals surface area contributed by atoms with Crippen LogP contribution in [-0.2, 0) is 22.5 Å². The highest BCUT2D eigenvalue weighted by molar-refractivity contribution is 5.77. The lowest BCUT2D eigenvalue weighted by atomic mass is 9.75. The number of nitrogens with zero attached hydrogens (tertiary/aromatic N) is 2. The minimum atomic E-state index is -0.462. The number of imidazole rings is 1. The van der Waals surface area contributed by atoms with Gasteiger partial charge in [0.1, 0.15) is 11.6 Å². The number of piperidine rings is 1. The fourth-order valence-electron chi connectivity index (χ4n) is 3.96. The number of carbonyl (C=O) groups is 1. The van der Waals surface area contributed by atoms with Gasteiger partial charge in [-0.05, 0) is 58.3 Å². The second kappa shape index (κ2) is 9.92. The van der Waals surface area contributed by atoms with E-state index >= 15 is 0 Å². The van der Waals surface area contributed by atoms with Gasteiger partial charge in [-0.25, -0.2) is 4.98 Å². The molecule has 1 N–H and O–H groups in total. The summed E-state index contributed by atoms with van der Waals surface area (Å²) in [5.41, 5.74) is 1.79. The van der Waals surface area contributed by atoms with E-state index in [9.17, 15) is 4.79 Å². The molecule has 2 aromatic rings. The smallest absolute Gasteiger partial charge is 0.312 e. The molecule has 1 saturated heterocycles. The van der Waals surface area contributed by atoms with Crippen molar-refractivity contribution in [2.24, 2.45) is 5.41 Å². The van der Waals surface area contributed by atoms with Crippen molar-refractivity contribution >= 4 is 5.97 Å². The lowest BCUT2D eigenvalue weighted by Crippen LogP contribution is -2.45. The number of likely N-dealkylation sites (tertiary alicyclic amines) is 1. The zero-order chi connectivity index (χ0) is 20.7. The van der Waals surface area contributed by atoms with Crippen LogP contribution < -0.4 is 4.74 Å². The van der Waals surface area contributed by atoms with Crippen molar-refractivity contribution < 1.29 is 14.3 Å². The average Bonchev–Trinajstić information content (AvgIpc) is 3.10. The van der Waals surface area contributed by atoms with Gasteiger partial charge in [-0.3, -0.25) is 9.69 Å². The molecule has 0 aliphatic carbocycles. The van der Waals surface area contributed by atoms with E-state index in [4.69, 9.17) is 14.5 Å². The van der Waals surface area contributed by atoms with E-state index in [1.807, 2.05) is 37.3 Å². The van der Waals surface area contributed by atoms with Gasteiger partial charge < -0.3 is 14.5 Å². The number of aromatic nitrogens is 2. The summed E-state index contributed by atoms with van der Waals surface area (Å²) < 4.78 is 11.3. The van der Waals surface area contributed by atoms with Gasteiger partial charge >= 0.3 is 5.97 Å². The zero-order valence-corrected chi connectivity index (χ0v) is 17.9. The maximum absolute atomic E-state index is 12.8. The average molecular weight is 400 g/mol. The van der Waals surface area contributed by atoms with Gasteiger partial charge in [0.05, 0.1) is 24.3 Å². The van der Waals surface area contributed by atoms with Gasteiger partial charge in [0.2, 0.25) is 0 Å². The molecular weight excluding hydrogens is 366 g/mol. The molecule has 1 aromatic carbocycles. The number of rotatable bonds is 9. The number of hydrogen-bond acceptors (Lipinski definition) is 5. The summed E-state index contributed by atoms with van der Waals surface area (Å²) in [7, 11) is 0. The predicted octanol–water partition coefficient (Wildman–Crippen LogP) is 3.89. The van der Waals surface area contributed by atoms with E-state index in [2.05, 4.69) is 23.7 Å². The molecule has 6 heteroatoms. The van der Waals surface area contributed by atoms with Crippen LogP contribution in [0.5, 0.6) is 5.75 Å². The van der Waals surface area contributed by atoms with Crippen LogP contribution in [0.1, 0.15) is 50.3 Å². The van der Waals surface area contributed by atoms with Crippen molar-refractivity contribution in [3.05, 3.63) is 47.5 Å². The van der Waals surface area contributed by atoms with E-state index in [0.29, 0.717) is 19.6 Å². The van der Waals surface area contributed by atoms with Crippen LogP contribution >= 0.6 is 0 Å². The highest BCUT2D eigenvalue weighted by Crippen LogP contribution is 2.37. The minimum Gasteiger partial charge on any atom is -0.494 e. The summed E-state index contributed by atoms with van der Waals surface area (Å²) >= 11 is 0. The molecular formula is C23H33N3O3. The molecule has 2 heterocycles. The maximum atomic E-state index is 12.8. The van der Waals surface area contributed by atoms with Crippen molar-refractivity contribution in [3.63, 3.8) is 0 Å². The molecule has 0 saturated carbocycles. The first-order valence-corrected chi connectivity index (χ1v) is 10.7. The molecule has 1 fully saturated rings. The Morgan fingerprint density at radius 2 is 1.93 bits per heavy atom. The number of aromatic amines is 1. The molecule has 0 bridgehead atoms. The minimum absolute atomic E-state index is 0.0828. The lowest BCUT2D eigenvalue weighted by molar-refractivity contribution is -0.159. The number of carbonyl (C=O) groups excluding carboxylic acids is 1. The lowest BCUT2D eigenvalue weighted by Gasteiger charge is -2.39. The Kier molecular flexibility index (Phi) is 7.31. The molecule has 0 unspecified atom stereocenters. The number of benzene rings is 1. The molecule has 0 atom stereocenters. The number of H-pyrrole nitrogens is 1. The van der Waals surface area contributed by atoms with Crippen LogP contribution in [0.25, 0.3) is 0 Å². The first kappa shape index (κ1) is 21.4. The third-order valence-electron chi connectivity index (χ3n) is 5.86. The Morgan fingerprint density at radius 1 is 1.21 bits per heavy atom. The first-order chi connectivity index (χ1) is 14.1. The first-order valence-electron chi connectivity index (χ1n) is 10.7. The van der Waals surface area contributed by atoms with E-state index in [1.165, 1.54) is 0 Å². The SMILES string of the molecule is CCOC(=O)C1(CCOc2ccccc2)CCN(Cc2nc(CC)[nH]c2C)CC1. The van der Waals surface area contributed by atoms with Gasteiger partial charge in [0, 0.05) is 18.7 Å². The van der Waals surface area contributed by atoms with Crippen molar-refractivity contribution in [2.75, 3.05) is 26.3 Å². The number of aryl methyl sites for hydroxylation is 2. The van der Waals surface area contributed by atoms with Gasteiger partial charge in [-0.15, -0.1) is 0 Å². The standard InChI is InChI=1S/C23H33N3O3/c1-4-21-24-18(3)20(25-21)17-26-14-11-23(12-15-26,22(27)28-5-2)13-16-29-19-9-7-6-8-10-19/h6-10H,4-5,11-17H2,1-3H3,(H,24,25). The molecule has 0 radical (unpaired) electrons. The maximum Gasteiger partial charge on any atom is 0.312 e. The van der Waals surface area contributed by atoms with Gasteiger partial charge in [-0.1, -0.05) is 25.1 Å². The summed E-state index contributed by atoms with van der Waals surface area (Å²) in [6.45, 7) is 9.52. The largest absolute Gasteiger partial charge is 0.494 e. The Labute approximate surface area is 173 Å². The quantitative estimate of drug-likeness (QED) is 0.648. The Balaban J connectivity index is 1.59. The summed E-state index contributed by atoms with van der Waals surface area (Å²) in [4.78, 5) is 23.2. The zero-order valence-electron chi connectivity index (χ0n) is 17.9.